The van der Waals surface area contributed by atoms with Gasteiger partial charge in [-0.05, 0) is 18.6 Å². The molecule has 3 N–H and O–H groups in total. The van der Waals surface area contributed by atoms with E-state index < -0.39 is 23.2 Å². The fourth-order valence-electron chi connectivity index (χ4n) is 1.94. The number of hydrogen-bond donors (Lipinski definition) is 3. The first kappa shape index (κ1) is 14.4. The maximum Gasteiger partial charge on any atom is 0.238 e. The minimum atomic E-state index is -0.816. The minimum Gasteiger partial charge on any atom is -0.355 e. The van der Waals surface area contributed by atoms with Crippen LogP contribution in [0.2, 0.25) is 0 Å². The standard InChI is InChI=1S/C13H15F2N3O2/c14-9-2-1-3-10(15)13(9)18-12(20)7-16-8-4-5-11(19)17-6-8/h1-3,8,16H,4-7H2,(H,17,19)(H,18,20). The van der Waals surface area contributed by atoms with Crippen LogP contribution in [0.4, 0.5) is 14.5 Å². The van der Waals surface area contributed by atoms with E-state index in [0.717, 1.165) is 12.1 Å². The van der Waals surface area contributed by atoms with Crippen LogP contribution in [-0.4, -0.2) is 30.9 Å². The van der Waals surface area contributed by atoms with E-state index in [2.05, 4.69) is 16.0 Å². The highest BCUT2D eigenvalue weighted by atomic mass is 19.1. The first-order valence-electron chi connectivity index (χ1n) is 6.30. The molecule has 1 saturated heterocycles. The molecule has 1 aliphatic rings. The van der Waals surface area contributed by atoms with Crippen molar-refractivity contribution in [2.45, 2.75) is 18.9 Å². The van der Waals surface area contributed by atoms with E-state index in [9.17, 15) is 18.4 Å². The summed E-state index contributed by atoms with van der Waals surface area (Å²) in [5.41, 5.74) is -0.448. The zero-order valence-electron chi connectivity index (χ0n) is 10.7. The number of halogens is 2. The second-order valence-corrected chi connectivity index (χ2v) is 4.57. The van der Waals surface area contributed by atoms with Crippen molar-refractivity contribution in [2.24, 2.45) is 0 Å². The van der Waals surface area contributed by atoms with Crippen molar-refractivity contribution in [3.8, 4) is 0 Å². The summed E-state index contributed by atoms with van der Waals surface area (Å²) in [4.78, 5) is 22.6. The number of benzene rings is 1. The summed E-state index contributed by atoms with van der Waals surface area (Å²) >= 11 is 0. The Labute approximate surface area is 114 Å². The second-order valence-electron chi connectivity index (χ2n) is 4.57. The summed E-state index contributed by atoms with van der Waals surface area (Å²) in [6, 6.07) is 3.36. The highest BCUT2D eigenvalue weighted by molar-refractivity contribution is 5.92. The highest BCUT2D eigenvalue weighted by Gasteiger charge is 2.18. The lowest BCUT2D eigenvalue weighted by Gasteiger charge is -2.23. The van der Waals surface area contributed by atoms with Crippen molar-refractivity contribution < 1.29 is 18.4 Å². The molecule has 5 nitrogen and oxygen atoms in total. The predicted octanol–water partition coefficient (Wildman–Crippen LogP) is 0.771. The molecule has 1 heterocycles. The molecule has 1 aliphatic heterocycles. The van der Waals surface area contributed by atoms with Gasteiger partial charge in [0.2, 0.25) is 11.8 Å². The average molecular weight is 283 g/mol. The molecule has 1 fully saturated rings. The van der Waals surface area contributed by atoms with Gasteiger partial charge in [0.05, 0.1) is 6.54 Å². The normalized spacial score (nSPS) is 18.5. The van der Waals surface area contributed by atoms with Crippen LogP contribution in [0.25, 0.3) is 0 Å². The van der Waals surface area contributed by atoms with Crippen LogP contribution in [0.5, 0.6) is 0 Å². The van der Waals surface area contributed by atoms with Gasteiger partial charge in [-0.25, -0.2) is 8.78 Å². The number of hydrogen-bond acceptors (Lipinski definition) is 3. The fraction of sp³-hybridized carbons (Fsp3) is 0.385. The Hall–Kier alpha value is -2.02. The van der Waals surface area contributed by atoms with Crippen molar-refractivity contribution >= 4 is 17.5 Å². The van der Waals surface area contributed by atoms with E-state index in [-0.39, 0.29) is 18.5 Å². The largest absolute Gasteiger partial charge is 0.355 e. The number of carbonyl (C=O) groups excluding carboxylic acids is 2. The quantitative estimate of drug-likeness (QED) is 0.764. The molecule has 0 saturated carbocycles. The zero-order chi connectivity index (χ0) is 14.5. The second kappa shape index (κ2) is 6.42. The van der Waals surface area contributed by atoms with Gasteiger partial charge >= 0.3 is 0 Å². The molecule has 20 heavy (non-hydrogen) atoms. The number of carbonyl (C=O) groups is 2. The maximum absolute atomic E-state index is 13.3. The molecule has 2 rings (SSSR count). The van der Waals surface area contributed by atoms with Gasteiger partial charge in [-0.1, -0.05) is 6.07 Å². The van der Waals surface area contributed by atoms with Crippen LogP contribution in [-0.2, 0) is 9.59 Å². The fourth-order valence-corrected chi connectivity index (χ4v) is 1.94. The number of rotatable bonds is 4. The van der Waals surface area contributed by atoms with E-state index in [4.69, 9.17) is 0 Å². The van der Waals surface area contributed by atoms with Gasteiger partial charge < -0.3 is 16.0 Å². The number of para-hydroxylation sites is 1. The third-order valence-electron chi connectivity index (χ3n) is 3.04. The van der Waals surface area contributed by atoms with E-state index in [1.165, 1.54) is 6.07 Å². The number of amides is 2. The summed E-state index contributed by atoms with van der Waals surface area (Å²) in [5, 5.41) is 7.79. The molecule has 108 valence electrons. The van der Waals surface area contributed by atoms with Gasteiger partial charge in [-0.15, -0.1) is 0 Å². The molecule has 0 radical (unpaired) electrons. The third kappa shape index (κ3) is 3.74. The Morgan fingerprint density at radius 1 is 1.35 bits per heavy atom. The molecule has 2 amide bonds. The minimum absolute atomic E-state index is 0.0103. The zero-order valence-corrected chi connectivity index (χ0v) is 10.7. The maximum atomic E-state index is 13.3. The van der Waals surface area contributed by atoms with Gasteiger partial charge in [-0.2, -0.15) is 0 Å². The average Bonchev–Trinajstić information content (AvgIpc) is 2.42. The van der Waals surface area contributed by atoms with Gasteiger partial charge in [-0.3, -0.25) is 9.59 Å². The molecule has 1 aromatic carbocycles. The lowest BCUT2D eigenvalue weighted by molar-refractivity contribution is -0.122. The topological polar surface area (TPSA) is 70.2 Å². The predicted molar refractivity (Wildman–Crippen MR) is 69.0 cm³/mol. The van der Waals surface area contributed by atoms with Crippen LogP contribution in [0.1, 0.15) is 12.8 Å². The smallest absolute Gasteiger partial charge is 0.238 e. The van der Waals surface area contributed by atoms with Crippen LogP contribution in [0.15, 0.2) is 18.2 Å². The SMILES string of the molecule is O=C1CCC(NCC(=O)Nc2c(F)cccc2F)CN1. The van der Waals surface area contributed by atoms with Crippen molar-refractivity contribution in [1.82, 2.24) is 10.6 Å². The van der Waals surface area contributed by atoms with E-state index >= 15 is 0 Å². The molecule has 1 atom stereocenters. The van der Waals surface area contributed by atoms with E-state index in [1.54, 1.807) is 0 Å². The van der Waals surface area contributed by atoms with Crippen molar-refractivity contribution in [1.29, 1.82) is 0 Å². The van der Waals surface area contributed by atoms with Gasteiger partial charge in [0.15, 0.2) is 0 Å². The van der Waals surface area contributed by atoms with Crippen LogP contribution in [0.3, 0.4) is 0 Å². The van der Waals surface area contributed by atoms with Crippen molar-refractivity contribution in [3.05, 3.63) is 29.8 Å². The number of anilines is 1. The molecule has 0 aliphatic carbocycles. The summed E-state index contributed by atoms with van der Waals surface area (Å²) in [5.74, 6) is -2.18. The van der Waals surface area contributed by atoms with Crippen LogP contribution in [0, 0.1) is 11.6 Å². The summed E-state index contributed by atoms with van der Waals surface area (Å²) < 4.78 is 26.7. The summed E-state index contributed by atoms with van der Waals surface area (Å²) in [7, 11) is 0. The third-order valence-corrected chi connectivity index (χ3v) is 3.04. The van der Waals surface area contributed by atoms with Gasteiger partial charge in [0.25, 0.3) is 0 Å². The van der Waals surface area contributed by atoms with E-state index in [0.29, 0.717) is 19.4 Å². The highest BCUT2D eigenvalue weighted by Crippen LogP contribution is 2.17. The summed E-state index contributed by atoms with van der Waals surface area (Å²) in [6.45, 7) is 0.370. The van der Waals surface area contributed by atoms with Crippen LogP contribution < -0.4 is 16.0 Å². The number of nitrogens with one attached hydrogen (secondary N) is 3. The first-order valence-corrected chi connectivity index (χ1v) is 6.30. The summed E-state index contributed by atoms with van der Waals surface area (Å²) in [6.07, 6.45) is 1.04. The molecule has 1 aromatic rings. The van der Waals surface area contributed by atoms with Gasteiger partial charge in [0, 0.05) is 19.0 Å². The molecular formula is C13H15F2N3O2. The van der Waals surface area contributed by atoms with Crippen LogP contribution >= 0.6 is 0 Å². The monoisotopic (exact) mass is 283 g/mol. The lowest BCUT2D eigenvalue weighted by Crippen LogP contribution is -2.47. The molecule has 0 bridgehead atoms. The number of piperidine rings is 1. The molecule has 0 aromatic heterocycles. The molecule has 1 unspecified atom stereocenters. The Morgan fingerprint density at radius 3 is 2.65 bits per heavy atom. The lowest BCUT2D eigenvalue weighted by atomic mass is 10.1. The molecule has 0 spiro atoms. The Kier molecular flexibility index (Phi) is 4.62. The Morgan fingerprint density at radius 2 is 2.05 bits per heavy atom. The molecular weight excluding hydrogens is 268 g/mol. The Balaban J connectivity index is 1.82. The molecule has 7 heteroatoms. The van der Waals surface area contributed by atoms with E-state index in [1.807, 2.05) is 0 Å². The van der Waals surface area contributed by atoms with Gasteiger partial charge in [0.1, 0.15) is 17.3 Å². The van der Waals surface area contributed by atoms with Crippen molar-refractivity contribution in [3.63, 3.8) is 0 Å². The Bertz CT molecular complexity index is 492. The first-order chi connectivity index (χ1) is 9.56. The van der Waals surface area contributed by atoms with Crippen molar-refractivity contribution in [2.75, 3.05) is 18.4 Å².